The Balaban J connectivity index is 0.000000263. The predicted molar refractivity (Wildman–Crippen MR) is 249 cm³/mol. The van der Waals surface area contributed by atoms with Crippen molar-refractivity contribution in [2.24, 2.45) is 0 Å². The average molecular weight is 974 g/mol. The molecule has 0 bridgehead atoms. The van der Waals surface area contributed by atoms with Gasteiger partial charge in [0.15, 0.2) is 0 Å². The predicted octanol–water partition coefficient (Wildman–Crippen LogP) is 8.97. The highest BCUT2D eigenvalue weighted by Crippen LogP contribution is 2.39. The first-order valence-corrected chi connectivity index (χ1v) is 20.2. The molecular formula is C42H45Cl2F3N12O8. The van der Waals surface area contributed by atoms with Crippen LogP contribution >= 0.6 is 23.2 Å². The van der Waals surface area contributed by atoms with Crippen LogP contribution < -0.4 is 35.5 Å². The lowest BCUT2D eigenvalue weighted by atomic mass is 10.2. The minimum Gasteiger partial charge on any atom is -0.494 e. The largest absolute Gasteiger partial charge is 0.494 e. The van der Waals surface area contributed by atoms with Crippen molar-refractivity contribution in [3.63, 3.8) is 0 Å². The number of anilines is 8. The van der Waals surface area contributed by atoms with E-state index in [9.17, 15) is 33.4 Å². The number of aliphatic hydroxyl groups excluding tert-OH is 1. The van der Waals surface area contributed by atoms with Crippen LogP contribution in [0.2, 0.25) is 10.0 Å². The van der Waals surface area contributed by atoms with Gasteiger partial charge >= 0.3 is 11.4 Å². The highest BCUT2D eigenvalue weighted by molar-refractivity contribution is 6.31. The topological polar surface area (TPSA) is 240 Å². The third-order valence-corrected chi connectivity index (χ3v) is 9.11. The zero-order chi connectivity index (χ0) is 49.2. The van der Waals surface area contributed by atoms with Gasteiger partial charge in [-0.25, -0.2) is 28.7 Å². The lowest BCUT2D eigenvalue weighted by Crippen LogP contribution is -2.19. The zero-order valence-corrected chi connectivity index (χ0v) is 38.2. The summed E-state index contributed by atoms with van der Waals surface area (Å²) >= 11 is 11.6. The number of aromatic nitrogens is 4. The number of hydrogen-bond acceptors (Lipinski definition) is 18. The molecule has 0 aliphatic heterocycles. The number of nitrogens with one attached hydrogen (secondary N) is 4. The van der Waals surface area contributed by atoms with Gasteiger partial charge < -0.3 is 50.4 Å². The number of rotatable bonds is 18. The SMILES string of the molecule is CN(C)CCO.COc1cc(F)c([N+](=O)[O-])cc1Nc1cc(Nc2ccc(F)c(Cl)c2)ncn1.COc1cc(OCCN(C)C)c([N+](=O)[O-])cc1Nc1cc(Nc2ccc(F)c(Cl)c2)ncn1. The molecule has 6 aromatic rings. The van der Waals surface area contributed by atoms with Crippen LogP contribution in [0.1, 0.15) is 0 Å². The number of hydrogen-bond donors (Lipinski definition) is 5. The summed E-state index contributed by atoms with van der Waals surface area (Å²) in [6, 6.07) is 16.0. The lowest BCUT2D eigenvalue weighted by Gasteiger charge is -2.15. The third-order valence-electron chi connectivity index (χ3n) is 8.53. The molecule has 67 heavy (non-hydrogen) atoms. The van der Waals surface area contributed by atoms with E-state index < -0.39 is 33.0 Å². The van der Waals surface area contributed by atoms with Crippen LogP contribution in [-0.2, 0) is 0 Å². The van der Waals surface area contributed by atoms with Gasteiger partial charge in [-0.15, -0.1) is 0 Å². The number of aliphatic hydroxyl groups is 1. The Morgan fingerprint density at radius 1 is 0.597 bits per heavy atom. The first-order chi connectivity index (χ1) is 31.9. The second-order valence-corrected chi connectivity index (χ2v) is 14.9. The van der Waals surface area contributed by atoms with Gasteiger partial charge in [0.25, 0.3) is 0 Å². The van der Waals surface area contributed by atoms with Crippen molar-refractivity contribution in [1.82, 2.24) is 29.7 Å². The fourth-order valence-corrected chi connectivity index (χ4v) is 5.63. The molecule has 2 aromatic heterocycles. The van der Waals surface area contributed by atoms with Crippen LogP contribution in [0.3, 0.4) is 0 Å². The summed E-state index contributed by atoms with van der Waals surface area (Å²) in [5.41, 5.74) is 0.551. The normalized spacial score (nSPS) is 10.5. The van der Waals surface area contributed by atoms with Crippen LogP contribution in [0.25, 0.3) is 0 Å². The third kappa shape index (κ3) is 16.3. The molecule has 0 saturated carbocycles. The number of halogens is 5. The van der Waals surface area contributed by atoms with Gasteiger partial charge in [-0.2, -0.15) is 4.39 Å². The van der Waals surface area contributed by atoms with Gasteiger partial charge in [0.05, 0.1) is 52.1 Å². The Kier molecular flexibility index (Phi) is 19.8. The van der Waals surface area contributed by atoms with Gasteiger partial charge in [0.1, 0.15) is 65.7 Å². The van der Waals surface area contributed by atoms with Crippen molar-refractivity contribution >= 4 is 80.6 Å². The molecule has 0 unspecified atom stereocenters. The molecule has 0 radical (unpaired) electrons. The summed E-state index contributed by atoms with van der Waals surface area (Å²) in [5.74, 6) is -0.284. The molecule has 0 atom stereocenters. The molecule has 0 saturated heterocycles. The fraction of sp³-hybridized carbons (Fsp3) is 0.238. The Morgan fingerprint density at radius 2 is 1.03 bits per heavy atom. The molecule has 0 aliphatic rings. The van der Waals surface area contributed by atoms with Crippen LogP contribution in [0, 0.1) is 37.7 Å². The van der Waals surface area contributed by atoms with Crippen molar-refractivity contribution in [3.05, 3.63) is 133 Å². The second kappa shape index (κ2) is 25.4. The van der Waals surface area contributed by atoms with Gasteiger partial charge in [-0.1, -0.05) is 23.2 Å². The summed E-state index contributed by atoms with van der Waals surface area (Å²) in [4.78, 5) is 41.3. The quantitative estimate of drug-likeness (QED) is 0.0399. The first-order valence-electron chi connectivity index (χ1n) is 19.4. The lowest BCUT2D eigenvalue weighted by molar-refractivity contribution is -0.387. The van der Waals surface area contributed by atoms with E-state index in [0.717, 1.165) is 18.7 Å². The molecule has 2 heterocycles. The molecule has 356 valence electrons. The second-order valence-electron chi connectivity index (χ2n) is 14.1. The molecule has 25 heteroatoms. The van der Waals surface area contributed by atoms with Gasteiger partial charge in [0, 0.05) is 60.9 Å². The van der Waals surface area contributed by atoms with Crippen LogP contribution in [0.15, 0.2) is 85.5 Å². The monoisotopic (exact) mass is 972 g/mol. The van der Waals surface area contributed by atoms with Crippen LogP contribution in [0.5, 0.6) is 17.2 Å². The Labute approximate surface area is 392 Å². The maximum atomic E-state index is 13.8. The summed E-state index contributed by atoms with van der Waals surface area (Å²) in [6.45, 7) is 1.89. The highest BCUT2D eigenvalue weighted by atomic mass is 35.5. The van der Waals surface area contributed by atoms with Crippen molar-refractivity contribution in [2.75, 3.05) is 90.0 Å². The Bertz CT molecular complexity index is 2640. The van der Waals surface area contributed by atoms with E-state index in [4.69, 9.17) is 42.5 Å². The maximum Gasteiger partial charge on any atom is 0.313 e. The highest BCUT2D eigenvalue weighted by Gasteiger charge is 2.22. The number of likely N-dealkylation sites (N-methyl/N-ethyl adjacent to an activating group) is 2. The van der Waals surface area contributed by atoms with Crippen molar-refractivity contribution in [3.8, 4) is 17.2 Å². The Morgan fingerprint density at radius 3 is 1.42 bits per heavy atom. The van der Waals surface area contributed by atoms with Gasteiger partial charge in [-0.05, 0) is 64.6 Å². The molecule has 0 amide bonds. The minimum atomic E-state index is -1.02. The van der Waals surface area contributed by atoms with E-state index >= 15 is 0 Å². The molecule has 20 nitrogen and oxygen atoms in total. The van der Waals surface area contributed by atoms with Gasteiger partial charge in [0.2, 0.25) is 11.6 Å². The van der Waals surface area contributed by atoms with E-state index in [1.807, 2.05) is 38.0 Å². The number of methoxy groups -OCH3 is 2. The standard InChI is InChI=1S/C21H22ClFN6O4.C17H12ClF2N5O3.C4H11NO/c1-28(2)6-7-33-19-10-18(32-3)16(9-17(19)29(30)31)27-21-11-20(24-12-25-21)26-13-4-5-15(23)14(22)8-13;1-28-15-5-12(20)14(25(26)27)6-13(15)24-17-7-16(21-8-22-17)23-9-2-3-11(19)10(18)4-9;1-5(2)3-4-6/h4-5,8-12H,6-7H2,1-3H3,(H2,24,25,26,27);2-8H,1H3,(H2,21,22,23,24);6H,3-4H2,1-2H3. The van der Waals surface area contributed by atoms with Crippen molar-refractivity contribution < 1.29 is 42.3 Å². The Hall–Kier alpha value is -7.31. The molecule has 5 N–H and O–H groups in total. The number of nitro groups is 2. The van der Waals surface area contributed by atoms with Crippen LogP contribution in [-0.4, -0.2) is 113 Å². The zero-order valence-electron chi connectivity index (χ0n) is 36.7. The van der Waals surface area contributed by atoms with E-state index in [-0.39, 0.29) is 52.0 Å². The van der Waals surface area contributed by atoms with Crippen LogP contribution in [0.4, 0.5) is 70.6 Å². The number of nitrogens with zero attached hydrogens (tertiary/aromatic N) is 8. The van der Waals surface area contributed by atoms with Crippen molar-refractivity contribution in [2.45, 2.75) is 0 Å². The summed E-state index contributed by atoms with van der Waals surface area (Å²) < 4.78 is 56.4. The maximum absolute atomic E-state index is 13.8. The molecule has 0 aliphatic carbocycles. The molecule has 4 aromatic carbocycles. The molecule has 0 spiro atoms. The van der Waals surface area contributed by atoms with E-state index in [1.54, 1.807) is 6.07 Å². The summed E-state index contributed by atoms with van der Waals surface area (Å²) in [6.07, 6.45) is 2.54. The average Bonchev–Trinajstić information content (AvgIpc) is 3.27. The smallest absolute Gasteiger partial charge is 0.313 e. The number of nitro benzene ring substituents is 2. The van der Waals surface area contributed by atoms with Gasteiger partial charge in [-0.3, -0.25) is 20.2 Å². The first kappa shape index (κ1) is 52.3. The number of ether oxygens (including phenoxy) is 3. The van der Waals surface area contributed by atoms with Crippen molar-refractivity contribution in [1.29, 1.82) is 0 Å². The van der Waals surface area contributed by atoms with E-state index in [2.05, 4.69) is 41.2 Å². The summed E-state index contributed by atoms with van der Waals surface area (Å²) in [7, 11) is 10.4. The molecule has 6 rings (SSSR count). The summed E-state index contributed by atoms with van der Waals surface area (Å²) in [5, 5.41) is 42.4. The van der Waals surface area contributed by atoms with E-state index in [0.29, 0.717) is 46.8 Å². The molecule has 0 fully saturated rings. The van der Waals surface area contributed by atoms with E-state index in [1.165, 1.54) is 81.5 Å². The number of benzene rings is 4. The fourth-order valence-electron chi connectivity index (χ4n) is 5.27. The minimum absolute atomic E-state index is 0.0302. The molecular weight excluding hydrogens is 928 g/mol.